The second kappa shape index (κ2) is 9.10. The molecule has 146 valence electrons. The van der Waals surface area contributed by atoms with E-state index in [-0.39, 0.29) is 5.69 Å². The summed E-state index contributed by atoms with van der Waals surface area (Å²) in [6, 6.07) is 3.67. The van der Waals surface area contributed by atoms with Crippen LogP contribution in [0.4, 0.5) is 17.3 Å². The van der Waals surface area contributed by atoms with E-state index in [0.717, 1.165) is 32.5 Å². The number of pyridine rings is 1. The number of nitrogens with one attached hydrogen (secondary N) is 2. The van der Waals surface area contributed by atoms with Crippen molar-refractivity contribution in [3.8, 4) is 6.07 Å². The molecule has 9 heteroatoms. The van der Waals surface area contributed by atoms with Gasteiger partial charge in [0, 0.05) is 18.8 Å². The van der Waals surface area contributed by atoms with Gasteiger partial charge in [0.2, 0.25) is 0 Å². The van der Waals surface area contributed by atoms with Gasteiger partial charge in [-0.15, -0.1) is 0 Å². The maximum Gasteiger partial charge on any atom is 0.341 e. The molecule has 0 saturated carbocycles. The molecular formula is C19H23N7O2. The third-order valence-corrected chi connectivity index (χ3v) is 4.75. The SMILES string of the molecule is COC(=O)c1cnc(Nc2cnc(C#N)cn2)cc1NCC1CCN(C)CC1. The summed E-state index contributed by atoms with van der Waals surface area (Å²) in [6.45, 7) is 2.94. The molecule has 9 nitrogen and oxygen atoms in total. The molecule has 3 heterocycles. The minimum absolute atomic E-state index is 0.236. The summed E-state index contributed by atoms with van der Waals surface area (Å²) in [5, 5.41) is 15.2. The van der Waals surface area contributed by atoms with Crippen molar-refractivity contribution in [3.63, 3.8) is 0 Å². The van der Waals surface area contributed by atoms with Gasteiger partial charge in [0.1, 0.15) is 23.3 Å². The first kappa shape index (κ1) is 19.5. The summed E-state index contributed by atoms with van der Waals surface area (Å²) in [5.74, 6) is 1.08. The highest BCUT2D eigenvalue weighted by molar-refractivity contribution is 5.95. The molecule has 1 fully saturated rings. The summed E-state index contributed by atoms with van der Waals surface area (Å²) in [5.41, 5.74) is 1.27. The van der Waals surface area contributed by atoms with Crippen LogP contribution < -0.4 is 10.6 Å². The Morgan fingerprint density at radius 1 is 1.25 bits per heavy atom. The van der Waals surface area contributed by atoms with Gasteiger partial charge in [0.25, 0.3) is 0 Å². The molecule has 0 aliphatic carbocycles. The van der Waals surface area contributed by atoms with E-state index in [1.807, 2.05) is 6.07 Å². The zero-order valence-corrected chi connectivity index (χ0v) is 16.0. The average Bonchev–Trinajstić information content (AvgIpc) is 2.73. The van der Waals surface area contributed by atoms with E-state index in [1.165, 1.54) is 25.7 Å². The van der Waals surface area contributed by atoms with Crippen LogP contribution in [0.2, 0.25) is 0 Å². The smallest absolute Gasteiger partial charge is 0.341 e. The first-order chi connectivity index (χ1) is 13.6. The van der Waals surface area contributed by atoms with Crippen LogP contribution in [0.5, 0.6) is 0 Å². The molecule has 0 spiro atoms. The number of nitriles is 1. The van der Waals surface area contributed by atoms with Crippen molar-refractivity contribution in [1.29, 1.82) is 5.26 Å². The second-order valence-corrected chi connectivity index (χ2v) is 6.76. The van der Waals surface area contributed by atoms with E-state index in [1.54, 1.807) is 6.07 Å². The summed E-state index contributed by atoms with van der Waals surface area (Å²) < 4.78 is 4.87. The van der Waals surface area contributed by atoms with E-state index in [9.17, 15) is 4.79 Å². The molecule has 3 rings (SSSR count). The topological polar surface area (TPSA) is 116 Å². The molecule has 0 amide bonds. The number of piperidine rings is 1. The van der Waals surface area contributed by atoms with E-state index >= 15 is 0 Å². The molecule has 1 aliphatic rings. The predicted molar refractivity (Wildman–Crippen MR) is 104 cm³/mol. The number of rotatable bonds is 6. The maximum absolute atomic E-state index is 12.1. The van der Waals surface area contributed by atoms with E-state index in [2.05, 4.69) is 37.5 Å². The van der Waals surface area contributed by atoms with Gasteiger partial charge < -0.3 is 20.3 Å². The molecule has 0 atom stereocenters. The number of hydrogen-bond donors (Lipinski definition) is 2. The number of nitrogens with zero attached hydrogens (tertiary/aromatic N) is 5. The first-order valence-corrected chi connectivity index (χ1v) is 9.09. The number of esters is 1. The lowest BCUT2D eigenvalue weighted by molar-refractivity contribution is 0.0601. The van der Waals surface area contributed by atoms with Gasteiger partial charge in [0.15, 0.2) is 5.69 Å². The van der Waals surface area contributed by atoms with Crippen LogP contribution in [-0.2, 0) is 4.74 Å². The van der Waals surface area contributed by atoms with Crippen LogP contribution in [0.1, 0.15) is 28.9 Å². The zero-order chi connectivity index (χ0) is 19.9. The largest absolute Gasteiger partial charge is 0.465 e. The molecule has 2 aromatic rings. The fraction of sp³-hybridized carbons (Fsp3) is 0.421. The number of carbonyl (C=O) groups excluding carboxylic acids is 1. The Morgan fingerprint density at radius 3 is 2.64 bits per heavy atom. The van der Waals surface area contributed by atoms with Gasteiger partial charge in [-0.2, -0.15) is 5.26 Å². The fourth-order valence-electron chi connectivity index (χ4n) is 3.04. The highest BCUT2D eigenvalue weighted by atomic mass is 16.5. The van der Waals surface area contributed by atoms with Gasteiger partial charge in [-0.1, -0.05) is 0 Å². The molecular weight excluding hydrogens is 358 g/mol. The number of hydrogen-bond acceptors (Lipinski definition) is 9. The minimum atomic E-state index is -0.442. The van der Waals surface area contributed by atoms with E-state index < -0.39 is 5.97 Å². The van der Waals surface area contributed by atoms with Crippen molar-refractivity contribution in [3.05, 3.63) is 35.9 Å². The molecule has 0 bridgehead atoms. The summed E-state index contributed by atoms with van der Waals surface area (Å²) >= 11 is 0. The highest BCUT2D eigenvalue weighted by Crippen LogP contribution is 2.23. The highest BCUT2D eigenvalue weighted by Gasteiger charge is 2.19. The predicted octanol–water partition coefficient (Wildman–Crippen LogP) is 2.03. The number of anilines is 3. The molecule has 1 saturated heterocycles. The van der Waals surface area contributed by atoms with Crippen LogP contribution >= 0.6 is 0 Å². The number of methoxy groups -OCH3 is 1. The Hall–Kier alpha value is -3.25. The quantitative estimate of drug-likeness (QED) is 0.725. The van der Waals surface area contributed by atoms with Crippen molar-refractivity contribution in [2.45, 2.75) is 12.8 Å². The van der Waals surface area contributed by atoms with Gasteiger partial charge in [-0.05, 0) is 38.9 Å². The fourth-order valence-corrected chi connectivity index (χ4v) is 3.04. The third kappa shape index (κ3) is 4.92. The minimum Gasteiger partial charge on any atom is -0.465 e. The van der Waals surface area contributed by atoms with Crippen LogP contribution in [0.3, 0.4) is 0 Å². The third-order valence-electron chi connectivity index (χ3n) is 4.75. The zero-order valence-electron chi connectivity index (χ0n) is 16.0. The first-order valence-electron chi connectivity index (χ1n) is 9.09. The lowest BCUT2D eigenvalue weighted by Gasteiger charge is -2.29. The van der Waals surface area contributed by atoms with Crippen LogP contribution in [0.25, 0.3) is 0 Å². The Morgan fingerprint density at radius 2 is 2.00 bits per heavy atom. The van der Waals surface area contributed by atoms with Gasteiger partial charge in [0.05, 0.1) is 25.2 Å². The lowest BCUT2D eigenvalue weighted by atomic mass is 9.97. The molecule has 2 aromatic heterocycles. The van der Waals surface area contributed by atoms with Crippen molar-refractivity contribution in [2.75, 3.05) is 44.4 Å². The molecule has 0 aromatic carbocycles. The van der Waals surface area contributed by atoms with Crippen molar-refractivity contribution < 1.29 is 9.53 Å². The number of carbonyl (C=O) groups is 1. The number of ether oxygens (including phenoxy) is 1. The summed E-state index contributed by atoms with van der Waals surface area (Å²) in [7, 11) is 3.48. The molecule has 1 aliphatic heterocycles. The van der Waals surface area contributed by atoms with Gasteiger partial charge >= 0.3 is 5.97 Å². The molecule has 28 heavy (non-hydrogen) atoms. The van der Waals surface area contributed by atoms with Crippen LogP contribution in [0.15, 0.2) is 24.7 Å². The Kier molecular flexibility index (Phi) is 6.34. The van der Waals surface area contributed by atoms with Crippen molar-refractivity contribution in [1.82, 2.24) is 19.9 Å². The van der Waals surface area contributed by atoms with Gasteiger partial charge in [-0.3, -0.25) is 0 Å². The van der Waals surface area contributed by atoms with Gasteiger partial charge in [-0.25, -0.2) is 19.7 Å². The summed E-state index contributed by atoms with van der Waals surface area (Å²) in [4.78, 5) is 26.8. The maximum atomic E-state index is 12.1. The van der Waals surface area contributed by atoms with E-state index in [0.29, 0.717) is 28.8 Å². The summed E-state index contributed by atoms with van der Waals surface area (Å²) in [6.07, 6.45) is 6.55. The standard InChI is InChI=1S/C19H23N7O2/c1-26-5-3-13(4-6-26)9-22-16-7-17(24-11-15(16)19(27)28-2)25-18-12-21-14(8-20)10-23-18/h7,10-13H,3-6,9H2,1-2H3,(H2,22,23,24,25). The molecule has 0 unspecified atom stereocenters. The Bertz CT molecular complexity index is 856. The number of aromatic nitrogens is 3. The molecule has 0 radical (unpaired) electrons. The van der Waals surface area contributed by atoms with Crippen LogP contribution in [0, 0.1) is 17.2 Å². The number of likely N-dealkylation sites (tertiary alicyclic amines) is 1. The Balaban J connectivity index is 1.74. The van der Waals surface area contributed by atoms with Crippen molar-refractivity contribution in [2.24, 2.45) is 5.92 Å². The Labute approximate surface area is 163 Å². The lowest BCUT2D eigenvalue weighted by Crippen LogP contribution is -2.33. The average molecular weight is 381 g/mol. The molecule has 2 N–H and O–H groups in total. The normalized spacial score (nSPS) is 14.9. The monoisotopic (exact) mass is 381 g/mol. The second-order valence-electron chi connectivity index (χ2n) is 6.76. The van der Waals surface area contributed by atoms with E-state index in [4.69, 9.17) is 10.00 Å². The van der Waals surface area contributed by atoms with Crippen LogP contribution in [-0.4, -0.2) is 59.6 Å². The van der Waals surface area contributed by atoms with Crippen molar-refractivity contribution >= 4 is 23.3 Å².